The van der Waals surface area contributed by atoms with Gasteiger partial charge in [0.1, 0.15) is 17.5 Å². The lowest BCUT2D eigenvalue weighted by Crippen LogP contribution is -2.29. The molecular formula is C24H20ClN3O4. The number of rotatable bonds is 7. The molecule has 0 aliphatic carbocycles. The molecule has 4 rings (SSSR count). The fourth-order valence-corrected chi connectivity index (χ4v) is 3.27. The van der Waals surface area contributed by atoms with Gasteiger partial charge < -0.3 is 19.2 Å². The smallest absolute Gasteiger partial charge is 0.252 e. The van der Waals surface area contributed by atoms with Crippen molar-refractivity contribution in [3.63, 3.8) is 0 Å². The highest BCUT2D eigenvalue weighted by molar-refractivity contribution is 6.30. The minimum Gasteiger partial charge on any atom is -0.497 e. The zero-order chi connectivity index (χ0) is 22.5. The van der Waals surface area contributed by atoms with E-state index in [2.05, 4.69) is 15.5 Å². The molecule has 0 bridgehead atoms. The molecule has 32 heavy (non-hydrogen) atoms. The Balaban J connectivity index is 1.67. The largest absolute Gasteiger partial charge is 0.497 e. The van der Waals surface area contributed by atoms with Gasteiger partial charge in [0.05, 0.1) is 14.2 Å². The lowest BCUT2D eigenvalue weighted by molar-refractivity contribution is 0.0937. The summed E-state index contributed by atoms with van der Waals surface area (Å²) < 4.78 is 16.5. The molecule has 1 amide bonds. The number of nitrogens with zero attached hydrogens (tertiary/aromatic N) is 2. The molecule has 0 aliphatic heterocycles. The van der Waals surface area contributed by atoms with Crippen molar-refractivity contribution in [1.29, 1.82) is 0 Å². The maximum Gasteiger partial charge on any atom is 0.252 e. The third-order valence-electron chi connectivity index (χ3n) is 4.80. The predicted molar refractivity (Wildman–Crippen MR) is 120 cm³/mol. The molecule has 0 spiro atoms. The Hall–Kier alpha value is -3.84. The van der Waals surface area contributed by atoms with Gasteiger partial charge in [-0.05, 0) is 42.0 Å². The summed E-state index contributed by atoms with van der Waals surface area (Å²) in [6.07, 6.45) is 0. The monoisotopic (exact) mass is 449 g/mol. The van der Waals surface area contributed by atoms with Crippen LogP contribution in [0.15, 0.2) is 77.2 Å². The number of benzene rings is 3. The lowest BCUT2D eigenvalue weighted by atomic mass is 10.1. The molecule has 0 fully saturated rings. The Morgan fingerprint density at radius 1 is 0.938 bits per heavy atom. The van der Waals surface area contributed by atoms with E-state index in [1.165, 1.54) is 14.2 Å². The molecule has 0 unspecified atom stereocenters. The van der Waals surface area contributed by atoms with Gasteiger partial charge in [0.25, 0.3) is 5.91 Å². The molecule has 1 atom stereocenters. The van der Waals surface area contributed by atoms with E-state index in [-0.39, 0.29) is 11.8 Å². The predicted octanol–water partition coefficient (Wildman–Crippen LogP) is 4.93. The highest BCUT2D eigenvalue weighted by Gasteiger charge is 2.24. The van der Waals surface area contributed by atoms with E-state index in [0.717, 1.165) is 11.1 Å². The molecule has 162 valence electrons. The van der Waals surface area contributed by atoms with E-state index in [1.54, 1.807) is 42.5 Å². The molecular weight excluding hydrogens is 430 g/mol. The van der Waals surface area contributed by atoms with Gasteiger partial charge in [-0.2, -0.15) is 0 Å². The van der Waals surface area contributed by atoms with Crippen LogP contribution in [0.25, 0.3) is 11.5 Å². The normalized spacial score (nSPS) is 11.6. The summed E-state index contributed by atoms with van der Waals surface area (Å²) in [5.41, 5.74) is 1.89. The number of hydrogen-bond acceptors (Lipinski definition) is 6. The first-order valence-corrected chi connectivity index (χ1v) is 10.1. The average molecular weight is 450 g/mol. The van der Waals surface area contributed by atoms with E-state index in [1.807, 2.05) is 30.3 Å². The molecule has 1 aromatic heterocycles. The Morgan fingerprint density at radius 2 is 1.59 bits per heavy atom. The minimum atomic E-state index is -0.658. The second-order valence-corrected chi connectivity index (χ2v) is 7.31. The maximum absolute atomic E-state index is 13.1. The van der Waals surface area contributed by atoms with Gasteiger partial charge in [-0.15, -0.1) is 10.2 Å². The first kappa shape index (κ1) is 21.4. The van der Waals surface area contributed by atoms with Crippen LogP contribution in [0.4, 0.5) is 0 Å². The molecule has 0 radical (unpaired) electrons. The van der Waals surface area contributed by atoms with Crippen LogP contribution in [0.5, 0.6) is 11.5 Å². The first-order chi connectivity index (χ1) is 15.6. The first-order valence-electron chi connectivity index (χ1n) is 9.75. The van der Waals surface area contributed by atoms with E-state index in [4.69, 9.17) is 25.5 Å². The van der Waals surface area contributed by atoms with E-state index in [9.17, 15) is 4.79 Å². The fourth-order valence-electron chi connectivity index (χ4n) is 3.15. The van der Waals surface area contributed by atoms with Crippen molar-refractivity contribution in [2.75, 3.05) is 14.2 Å². The van der Waals surface area contributed by atoms with Crippen molar-refractivity contribution in [2.24, 2.45) is 0 Å². The number of hydrogen-bond donors (Lipinski definition) is 1. The number of halogens is 1. The SMILES string of the molecule is COc1cc(OC)cc(C(=O)N[C@@H](c2ccccc2)c2nnc(-c3ccc(Cl)cc3)o2)c1. The Kier molecular flexibility index (Phi) is 6.37. The standard InChI is InChI=1S/C24H20ClN3O4/c1-30-19-12-17(13-20(14-19)31-2)22(29)26-21(15-6-4-3-5-7-15)24-28-27-23(32-24)16-8-10-18(25)11-9-16/h3-14,21H,1-2H3,(H,26,29)/t21-/m0/s1. The van der Waals surface area contributed by atoms with Crippen molar-refractivity contribution in [3.8, 4) is 23.0 Å². The molecule has 3 aromatic carbocycles. The van der Waals surface area contributed by atoms with Crippen LogP contribution in [-0.2, 0) is 0 Å². The van der Waals surface area contributed by atoms with Gasteiger partial charge in [0.2, 0.25) is 11.8 Å². The topological polar surface area (TPSA) is 86.5 Å². The molecule has 0 saturated carbocycles. The molecule has 0 aliphatic rings. The molecule has 0 saturated heterocycles. The molecule has 4 aromatic rings. The van der Waals surface area contributed by atoms with Crippen LogP contribution >= 0.6 is 11.6 Å². The Bertz CT molecular complexity index is 1190. The van der Waals surface area contributed by atoms with Crippen molar-refractivity contribution < 1.29 is 18.7 Å². The van der Waals surface area contributed by atoms with Crippen LogP contribution in [0.3, 0.4) is 0 Å². The summed E-state index contributed by atoms with van der Waals surface area (Å²) in [6, 6.07) is 20.8. The van der Waals surface area contributed by atoms with E-state index in [0.29, 0.717) is 28.0 Å². The number of aromatic nitrogens is 2. The second-order valence-electron chi connectivity index (χ2n) is 6.87. The molecule has 7 nitrogen and oxygen atoms in total. The third-order valence-corrected chi connectivity index (χ3v) is 5.05. The maximum atomic E-state index is 13.1. The molecule has 8 heteroatoms. The summed E-state index contributed by atoms with van der Waals surface area (Å²) in [4.78, 5) is 13.1. The fraction of sp³-hybridized carbons (Fsp3) is 0.125. The zero-order valence-electron chi connectivity index (χ0n) is 17.4. The van der Waals surface area contributed by atoms with Crippen molar-refractivity contribution in [2.45, 2.75) is 6.04 Å². The highest BCUT2D eigenvalue weighted by Crippen LogP contribution is 2.27. The van der Waals surface area contributed by atoms with Gasteiger partial charge in [-0.25, -0.2) is 0 Å². The number of nitrogens with one attached hydrogen (secondary N) is 1. The number of ether oxygens (including phenoxy) is 2. The number of methoxy groups -OCH3 is 2. The zero-order valence-corrected chi connectivity index (χ0v) is 18.2. The van der Waals surface area contributed by atoms with Gasteiger partial charge in [-0.1, -0.05) is 41.9 Å². The number of amides is 1. The summed E-state index contributed by atoms with van der Waals surface area (Å²) in [5.74, 6) is 1.25. The summed E-state index contributed by atoms with van der Waals surface area (Å²) >= 11 is 5.96. The van der Waals surface area contributed by atoms with Crippen molar-refractivity contribution in [3.05, 3.63) is 94.8 Å². The summed E-state index contributed by atoms with van der Waals surface area (Å²) in [6.45, 7) is 0. The van der Waals surface area contributed by atoms with Gasteiger partial charge in [0.15, 0.2) is 0 Å². The van der Waals surface area contributed by atoms with Crippen LogP contribution in [-0.4, -0.2) is 30.3 Å². The second kappa shape index (κ2) is 9.53. The minimum absolute atomic E-state index is 0.254. The van der Waals surface area contributed by atoms with E-state index < -0.39 is 6.04 Å². The average Bonchev–Trinajstić information content (AvgIpc) is 3.33. The quantitative estimate of drug-likeness (QED) is 0.430. The lowest BCUT2D eigenvalue weighted by Gasteiger charge is -2.16. The van der Waals surface area contributed by atoms with Crippen LogP contribution < -0.4 is 14.8 Å². The van der Waals surface area contributed by atoms with Crippen LogP contribution in [0.1, 0.15) is 27.9 Å². The van der Waals surface area contributed by atoms with Crippen LogP contribution in [0.2, 0.25) is 5.02 Å². The third kappa shape index (κ3) is 4.73. The molecule has 1 heterocycles. The van der Waals surface area contributed by atoms with Crippen LogP contribution in [0, 0.1) is 0 Å². The highest BCUT2D eigenvalue weighted by atomic mass is 35.5. The summed E-state index contributed by atoms with van der Waals surface area (Å²) in [7, 11) is 3.06. The summed E-state index contributed by atoms with van der Waals surface area (Å²) in [5, 5.41) is 11.9. The Labute approximate surface area is 190 Å². The van der Waals surface area contributed by atoms with Gasteiger partial charge in [-0.3, -0.25) is 4.79 Å². The Morgan fingerprint density at radius 3 is 2.22 bits per heavy atom. The van der Waals surface area contributed by atoms with E-state index >= 15 is 0 Å². The van der Waals surface area contributed by atoms with Crippen molar-refractivity contribution in [1.82, 2.24) is 15.5 Å². The molecule has 1 N–H and O–H groups in total. The number of carbonyl (C=O) groups excluding carboxylic acids is 1. The van der Waals surface area contributed by atoms with Gasteiger partial charge in [0, 0.05) is 22.2 Å². The van der Waals surface area contributed by atoms with Crippen molar-refractivity contribution >= 4 is 17.5 Å². The van der Waals surface area contributed by atoms with Gasteiger partial charge >= 0.3 is 0 Å². The number of carbonyl (C=O) groups is 1.